The minimum Gasteiger partial charge on any atom is -0.457 e. The summed E-state index contributed by atoms with van der Waals surface area (Å²) in [6.45, 7) is 4.25. The third kappa shape index (κ3) is 5.49. The molecule has 2 aromatic rings. The Morgan fingerprint density at radius 1 is 1.17 bits per heavy atom. The summed E-state index contributed by atoms with van der Waals surface area (Å²) >= 11 is 6.76. The zero-order valence-electron chi connectivity index (χ0n) is 16.1. The highest BCUT2D eigenvalue weighted by molar-refractivity contribution is 9.28. The molecule has 0 radical (unpaired) electrons. The highest BCUT2D eigenvalue weighted by Crippen LogP contribution is 2.61. The molecular weight excluding hydrogens is 498 g/mol. The van der Waals surface area contributed by atoms with E-state index >= 15 is 0 Å². The van der Waals surface area contributed by atoms with E-state index < -0.39 is 6.10 Å². The van der Waals surface area contributed by atoms with Gasteiger partial charge in [-0.05, 0) is 73.4 Å². The zero-order chi connectivity index (χ0) is 21.0. The summed E-state index contributed by atoms with van der Waals surface area (Å²) in [5.41, 5.74) is 0.612. The lowest BCUT2D eigenvalue weighted by Crippen LogP contribution is -2.12. The molecule has 3 rings (SSSR count). The summed E-state index contributed by atoms with van der Waals surface area (Å²) in [5, 5.41) is 9.54. The monoisotopic (exact) mass is 517 g/mol. The van der Waals surface area contributed by atoms with Crippen molar-refractivity contribution < 1.29 is 14.3 Å². The third-order valence-electron chi connectivity index (χ3n) is 5.34. The van der Waals surface area contributed by atoms with Crippen LogP contribution in [0.1, 0.15) is 31.9 Å². The van der Waals surface area contributed by atoms with Gasteiger partial charge in [-0.1, -0.05) is 50.3 Å². The number of ether oxygens (including phenoxy) is 2. The van der Waals surface area contributed by atoms with Gasteiger partial charge in [-0.3, -0.25) is 4.79 Å². The Labute approximate surface area is 187 Å². The van der Waals surface area contributed by atoms with E-state index in [-0.39, 0.29) is 29.6 Å². The number of halogens is 2. The molecule has 0 spiro atoms. The Balaban J connectivity index is 1.64. The molecule has 0 saturated heterocycles. The second-order valence-electron chi connectivity index (χ2n) is 7.60. The summed E-state index contributed by atoms with van der Waals surface area (Å²) < 4.78 is 12.2. The molecule has 3 unspecified atom stereocenters. The normalized spacial score (nSPS) is 20.1. The van der Waals surface area contributed by atoms with Crippen LogP contribution in [0.2, 0.25) is 0 Å². The molecule has 0 aliphatic heterocycles. The first-order chi connectivity index (χ1) is 13.8. The summed E-state index contributed by atoms with van der Waals surface area (Å²) in [5.74, 6) is 1.38. The first-order valence-corrected chi connectivity index (χ1v) is 10.8. The van der Waals surface area contributed by atoms with Gasteiger partial charge in [0.2, 0.25) is 6.10 Å². The van der Waals surface area contributed by atoms with Gasteiger partial charge in [-0.15, -0.1) is 0 Å². The third-order valence-corrected chi connectivity index (χ3v) is 5.87. The number of hydrogen-bond acceptors (Lipinski definition) is 4. The molecule has 29 heavy (non-hydrogen) atoms. The molecule has 150 valence electrons. The van der Waals surface area contributed by atoms with E-state index in [9.17, 15) is 10.1 Å². The van der Waals surface area contributed by atoms with Crippen LogP contribution in [-0.4, -0.2) is 5.97 Å². The molecule has 0 amide bonds. The minimum atomic E-state index is -0.972. The predicted octanol–water partition coefficient (Wildman–Crippen LogP) is 6.88. The standard InChI is InChI=1S/C23H21Br2NO3/c1-23(2)18(12-21(24)25)19(23)13-22(27)29-20(14-26)15-7-6-10-17(11-15)28-16-8-4-3-5-9-16/h3-12,18-20H,13H2,1-2H3. The summed E-state index contributed by atoms with van der Waals surface area (Å²) in [6.07, 6.45) is 1.37. The van der Waals surface area contributed by atoms with Crippen LogP contribution in [-0.2, 0) is 9.53 Å². The Morgan fingerprint density at radius 3 is 2.52 bits per heavy atom. The van der Waals surface area contributed by atoms with Crippen LogP contribution >= 0.6 is 31.9 Å². The Bertz CT molecular complexity index is 946. The lowest BCUT2D eigenvalue weighted by molar-refractivity contribution is -0.147. The van der Waals surface area contributed by atoms with E-state index in [2.05, 4.69) is 57.9 Å². The van der Waals surface area contributed by atoms with Crippen molar-refractivity contribution in [3.05, 3.63) is 69.6 Å². The Morgan fingerprint density at radius 2 is 1.86 bits per heavy atom. The van der Waals surface area contributed by atoms with Crippen LogP contribution in [0.25, 0.3) is 0 Å². The van der Waals surface area contributed by atoms with Gasteiger partial charge < -0.3 is 9.47 Å². The molecule has 1 aliphatic carbocycles. The maximum Gasteiger partial charge on any atom is 0.307 e. The SMILES string of the molecule is CC1(C)C(C=C(Br)Br)C1CC(=O)OC(C#N)c1cccc(Oc2ccccc2)c1. The topological polar surface area (TPSA) is 59.3 Å². The van der Waals surface area contributed by atoms with Crippen LogP contribution in [0.5, 0.6) is 11.5 Å². The largest absolute Gasteiger partial charge is 0.457 e. The van der Waals surface area contributed by atoms with Crippen LogP contribution in [0.3, 0.4) is 0 Å². The number of rotatable bonds is 7. The number of carbonyl (C=O) groups excluding carboxylic acids is 1. The quantitative estimate of drug-likeness (QED) is 0.375. The average Bonchev–Trinajstić information content (AvgIpc) is 3.18. The van der Waals surface area contributed by atoms with Gasteiger partial charge in [-0.2, -0.15) is 5.26 Å². The van der Waals surface area contributed by atoms with Crippen molar-refractivity contribution in [1.82, 2.24) is 0 Å². The number of hydrogen-bond donors (Lipinski definition) is 0. The number of esters is 1. The lowest BCUT2D eigenvalue weighted by atomic mass is 10.1. The second-order valence-corrected chi connectivity index (χ2v) is 10.4. The fraction of sp³-hybridized carbons (Fsp3) is 0.304. The molecule has 0 bridgehead atoms. The van der Waals surface area contributed by atoms with Crippen LogP contribution < -0.4 is 4.74 Å². The lowest BCUT2D eigenvalue weighted by Gasteiger charge is -2.13. The van der Waals surface area contributed by atoms with E-state index in [0.717, 1.165) is 3.39 Å². The van der Waals surface area contributed by atoms with Gasteiger partial charge in [0.25, 0.3) is 0 Å². The number of allylic oxidation sites excluding steroid dienone is 1. The van der Waals surface area contributed by atoms with Crippen molar-refractivity contribution >= 4 is 37.8 Å². The van der Waals surface area contributed by atoms with Crippen LogP contribution in [0.4, 0.5) is 0 Å². The summed E-state index contributed by atoms with van der Waals surface area (Å²) in [6, 6.07) is 18.5. The van der Waals surface area contributed by atoms with Gasteiger partial charge in [0, 0.05) is 12.0 Å². The molecular formula is C23H21Br2NO3. The number of benzene rings is 2. The molecule has 4 nitrogen and oxygen atoms in total. The van der Waals surface area contributed by atoms with E-state index in [1.54, 1.807) is 24.3 Å². The number of para-hydroxylation sites is 1. The molecule has 2 aromatic carbocycles. The van der Waals surface area contributed by atoms with Crippen molar-refractivity contribution in [3.8, 4) is 17.6 Å². The predicted molar refractivity (Wildman–Crippen MR) is 119 cm³/mol. The molecule has 1 saturated carbocycles. The first-order valence-electron chi connectivity index (χ1n) is 9.26. The maximum atomic E-state index is 12.5. The summed E-state index contributed by atoms with van der Waals surface area (Å²) in [4.78, 5) is 12.5. The molecule has 1 fully saturated rings. The van der Waals surface area contributed by atoms with E-state index in [0.29, 0.717) is 17.1 Å². The number of nitriles is 1. The molecule has 6 heteroatoms. The minimum absolute atomic E-state index is 0.0252. The van der Waals surface area contributed by atoms with E-state index in [1.165, 1.54) is 0 Å². The average molecular weight is 519 g/mol. The Hall–Kier alpha value is -2.10. The van der Waals surface area contributed by atoms with Gasteiger partial charge in [-0.25, -0.2) is 0 Å². The summed E-state index contributed by atoms with van der Waals surface area (Å²) in [7, 11) is 0. The fourth-order valence-electron chi connectivity index (χ4n) is 3.54. The first kappa shape index (κ1) is 21.6. The van der Waals surface area contributed by atoms with Crippen LogP contribution in [0, 0.1) is 28.6 Å². The van der Waals surface area contributed by atoms with Gasteiger partial charge in [0.05, 0.1) is 3.39 Å². The molecule has 1 aliphatic rings. The second kappa shape index (κ2) is 9.15. The Kier molecular flexibility index (Phi) is 6.81. The van der Waals surface area contributed by atoms with Gasteiger partial charge >= 0.3 is 5.97 Å². The highest BCUT2D eigenvalue weighted by atomic mass is 79.9. The number of carbonyl (C=O) groups is 1. The molecule has 0 aromatic heterocycles. The van der Waals surface area contributed by atoms with E-state index in [4.69, 9.17) is 9.47 Å². The van der Waals surface area contributed by atoms with Crippen molar-refractivity contribution in [1.29, 1.82) is 5.26 Å². The molecule has 0 heterocycles. The van der Waals surface area contributed by atoms with Gasteiger partial charge in [0.15, 0.2) is 0 Å². The number of nitrogens with zero attached hydrogens (tertiary/aromatic N) is 1. The smallest absolute Gasteiger partial charge is 0.307 e. The van der Waals surface area contributed by atoms with Crippen LogP contribution in [0.15, 0.2) is 64.1 Å². The fourth-order valence-corrected chi connectivity index (χ4v) is 4.11. The van der Waals surface area contributed by atoms with Gasteiger partial charge in [0.1, 0.15) is 17.6 Å². The maximum absolute atomic E-state index is 12.5. The van der Waals surface area contributed by atoms with E-state index in [1.807, 2.05) is 30.3 Å². The van der Waals surface area contributed by atoms with Crippen molar-refractivity contribution in [2.75, 3.05) is 0 Å². The molecule has 0 N–H and O–H groups in total. The highest BCUT2D eigenvalue weighted by Gasteiger charge is 2.57. The molecule has 3 atom stereocenters. The zero-order valence-corrected chi connectivity index (χ0v) is 19.3. The van der Waals surface area contributed by atoms with Crippen molar-refractivity contribution in [2.45, 2.75) is 26.4 Å². The van der Waals surface area contributed by atoms with Crippen molar-refractivity contribution in [2.24, 2.45) is 17.3 Å². The van der Waals surface area contributed by atoms with Crippen molar-refractivity contribution in [3.63, 3.8) is 0 Å².